The molecule has 5 heterocycles. The van der Waals surface area contributed by atoms with Crippen LogP contribution in [0.3, 0.4) is 0 Å². The van der Waals surface area contributed by atoms with Gasteiger partial charge >= 0.3 is 0 Å². The quantitative estimate of drug-likeness (QED) is 0.177. The Kier molecular flexibility index (Phi) is 5.89. The van der Waals surface area contributed by atoms with Gasteiger partial charge in [0.2, 0.25) is 0 Å². The van der Waals surface area contributed by atoms with Crippen LogP contribution in [-0.4, -0.2) is 13.4 Å². The second-order valence-corrected chi connectivity index (χ2v) is 14.0. The molecule has 3 aromatic heterocycles. The lowest BCUT2D eigenvalue weighted by molar-refractivity contribution is 0.477. The van der Waals surface area contributed by atoms with Crippen LogP contribution in [0.1, 0.15) is 0 Å². The number of hydrogen-bond donors (Lipinski definition) is 0. The number of para-hydroxylation sites is 5. The number of furan rings is 3. The van der Waals surface area contributed by atoms with E-state index in [-0.39, 0.29) is 13.4 Å². The molecular formula is C46H27B2NO4. The minimum Gasteiger partial charge on any atom is -0.471 e. The second-order valence-electron chi connectivity index (χ2n) is 14.0. The van der Waals surface area contributed by atoms with Crippen LogP contribution in [0.2, 0.25) is 0 Å². The highest BCUT2D eigenvalue weighted by atomic mass is 16.5. The second kappa shape index (κ2) is 10.8. The van der Waals surface area contributed by atoms with Crippen molar-refractivity contribution >= 4 is 107 Å². The number of fused-ring (bicyclic) bond motifs is 11. The molecule has 0 fully saturated rings. The van der Waals surface area contributed by atoms with Crippen LogP contribution in [0.4, 0.5) is 17.1 Å². The fraction of sp³-hybridized carbons (Fsp3) is 0. The summed E-state index contributed by atoms with van der Waals surface area (Å²) in [6.07, 6.45) is 1.77. The molecule has 0 amide bonds. The van der Waals surface area contributed by atoms with E-state index in [0.717, 1.165) is 89.2 Å². The zero-order chi connectivity index (χ0) is 34.6. The van der Waals surface area contributed by atoms with Crippen LogP contribution in [-0.2, 0) is 0 Å². The lowest BCUT2D eigenvalue weighted by Gasteiger charge is -2.33. The minimum absolute atomic E-state index is 0.181. The van der Waals surface area contributed by atoms with E-state index in [1.54, 1.807) is 6.26 Å². The molecule has 0 atom stereocenters. The Balaban J connectivity index is 1.11. The van der Waals surface area contributed by atoms with Crippen LogP contribution < -0.4 is 42.8 Å². The highest BCUT2D eigenvalue weighted by Gasteiger charge is 2.47. The third-order valence-electron chi connectivity index (χ3n) is 11.1. The summed E-state index contributed by atoms with van der Waals surface area (Å²) in [6.45, 7) is -0.413. The number of anilines is 3. The standard InChI is InChI=1S/C46H27B2NO4/c1-2-10-29-27-31(18-17-28(29)9-1)48-43-34-11-3-6-14-38(34)52-45(43)47(44-42-33-25-26-50-37(33)23-24-41(42)53-46(44)48)30-19-21-32(22-20-30)49-35-12-4-7-15-39(35)51-40-16-8-5-13-36(40)49/h1-27H. The molecule has 0 unspecified atom stereocenters. The van der Waals surface area contributed by atoms with Gasteiger partial charge in [-0.25, -0.2) is 0 Å². The van der Waals surface area contributed by atoms with E-state index in [9.17, 15) is 0 Å². The summed E-state index contributed by atoms with van der Waals surface area (Å²) >= 11 is 0. The Hall–Kier alpha value is -6.85. The van der Waals surface area contributed by atoms with E-state index < -0.39 is 0 Å². The van der Waals surface area contributed by atoms with Crippen molar-refractivity contribution in [2.75, 3.05) is 4.90 Å². The summed E-state index contributed by atoms with van der Waals surface area (Å²) in [5, 5.41) is 5.60. The topological polar surface area (TPSA) is 51.9 Å². The Labute approximate surface area is 304 Å². The highest BCUT2D eigenvalue weighted by Crippen LogP contribution is 2.49. The van der Waals surface area contributed by atoms with Gasteiger partial charge in [-0.15, -0.1) is 0 Å². The fourth-order valence-electron chi connectivity index (χ4n) is 8.87. The summed E-state index contributed by atoms with van der Waals surface area (Å²) in [7, 11) is 0. The summed E-state index contributed by atoms with van der Waals surface area (Å²) < 4.78 is 26.4. The van der Waals surface area contributed by atoms with Gasteiger partial charge in [0.15, 0.2) is 11.5 Å². The highest BCUT2D eigenvalue weighted by molar-refractivity contribution is 7.12. The van der Waals surface area contributed by atoms with Crippen molar-refractivity contribution in [2.45, 2.75) is 0 Å². The summed E-state index contributed by atoms with van der Waals surface area (Å²) in [4.78, 5) is 2.27. The van der Waals surface area contributed by atoms with Gasteiger partial charge in [0.05, 0.1) is 29.0 Å². The molecular weight excluding hydrogens is 652 g/mol. The summed E-state index contributed by atoms with van der Waals surface area (Å²) in [5.41, 5.74) is 12.0. The predicted molar refractivity (Wildman–Crippen MR) is 217 cm³/mol. The number of benzene rings is 7. The van der Waals surface area contributed by atoms with Gasteiger partial charge in [0.1, 0.15) is 16.7 Å². The molecule has 5 nitrogen and oxygen atoms in total. The normalized spacial score (nSPS) is 13.3. The van der Waals surface area contributed by atoms with Crippen molar-refractivity contribution in [1.82, 2.24) is 0 Å². The molecule has 10 aromatic rings. The molecule has 53 heavy (non-hydrogen) atoms. The minimum atomic E-state index is -0.232. The lowest BCUT2D eigenvalue weighted by Crippen LogP contribution is -2.73. The molecule has 246 valence electrons. The smallest absolute Gasteiger partial charge is 0.290 e. The summed E-state index contributed by atoms with van der Waals surface area (Å²) in [6, 6.07) is 55.1. The molecule has 0 N–H and O–H groups in total. The largest absolute Gasteiger partial charge is 0.471 e. The molecule has 2 aliphatic heterocycles. The van der Waals surface area contributed by atoms with Crippen LogP contribution >= 0.6 is 0 Å². The van der Waals surface area contributed by atoms with Crippen LogP contribution in [0.25, 0.3) is 43.7 Å². The Morgan fingerprint density at radius 2 is 1.09 bits per heavy atom. The van der Waals surface area contributed by atoms with E-state index >= 15 is 0 Å². The van der Waals surface area contributed by atoms with Gasteiger partial charge in [-0.2, -0.15) is 0 Å². The number of hydrogen-bond acceptors (Lipinski definition) is 5. The van der Waals surface area contributed by atoms with Crippen LogP contribution in [0.15, 0.2) is 177 Å². The van der Waals surface area contributed by atoms with Gasteiger partial charge in [-0.3, -0.25) is 0 Å². The van der Waals surface area contributed by atoms with Crippen molar-refractivity contribution in [3.63, 3.8) is 0 Å². The van der Waals surface area contributed by atoms with Crippen molar-refractivity contribution in [3.8, 4) is 11.5 Å². The molecule has 0 spiro atoms. The van der Waals surface area contributed by atoms with E-state index in [4.69, 9.17) is 18.0 Å². The predicted octanol–water partition coefficient (Wildman–Crippen LogP) is 8.00. The first-order chi connectivity index (χ1) is 26.3. The maximum atomic E-state index is 7.07. The molecule has 0 bridgehead atoms. The average molecular weight is 679 g/mol. The fourth-order valence-corrected chi connectivity index (χ4v) is 8.87. The van der Waals surface area contributed by atoms with Gasteiger partial charge in [0, 0.05) is 21.8 Å². The molecule has 0 aliphatic carbocycles. The summed E-state index contributed by atoms with van der Waals surface area (Å²) in [5.74, 6) is 1.65. The number of nitrogens with zero attached hydrogens (tertiary/aromatic N) is 1. The zero-order valence-corrected chi connectivity index (χ0v) is 28.3. The number of rotatable bonds is 3. The first-order valence-corrected chi connectivity index (χ1v) is 18.0. The molecule has 7 heteroatoms. The first kappa shape index (κ1) is 28.8. The first-order valence-electron chi connectivity index (χ1n) is 18.0. The van der Waals surface area contributed by atoms with Gasteiger partial charge < -0.3 is 22.9 Å². The van der Waals surface area contributed by atoms with E-state index in [1.165, 1.54) is 16.2 Å². The van der Waals surface area contributed by atoms with Crippen molar-refractivity contribution < 1.29 is 18.0 Å². The zero-order valence-electron chi connectivity index (χ0n) is 28.3. The van der Waals surface area contributed by atoms with E-state index in [2.05, 4.69) is 120 Å². The molecule has 12 rings (SSSR count). The molecule has 7 aromatic carbocycles. The molecule has 0 radical (unpaired) electrons. The van der Waals surface area contributed by atoms with Crippen LogP contribution in [0, 0.1) is 0 Å². The Bertz CT molecular complexity index is 3040. The molecule has 2 aliphatic rings. The van der Waals surface area contributed by atoms with E-state index in [1.807, 2.05) is 42.5 Å². The number of ether oxygens (including phenoxy) is 1. The SMILES string of the molecule is c1ccc2c(c1)Oc1ccccc1N2c1ccc(B2c3oc4ccccc4c3B(c3ccc4ccccc4c3)c3oc4ccc5occc5c4c32)cc1. The van der Waals surface area contributed by atoms with Gasteiger partial charge in [0.25, 0.3) is 13.4 Å². The Morgan fingerprint density at radius 3 is 1.92 bits per heavy atom. The van der Waals surface area contributed by atoms with Gasteiger partial charge in [-0.1, -0.05) is 108 Å². The van der Waals surface area contributed by atoms with Crippen molar-refractivity contribution in [1.29, 1.82) is 0 Å². The van der Waals surface area contributed by atoms with Crippen LogP contribution in [0.5, 0.6) is 11.5 Å². The van der Waals surface area contributed by atoms with Crippen molar-refractivity contribution in [2.24, 2.45) is 0 Å². The van der Waals surface area contributed by atoms with Gasteiger partial charge in [-0.05, 0) is 82.4 Å². The maximum absolute atomic E-state index is 7.07. The monoisotopic (exact) mass is 679 g/mol. The molecule has 0 saturated carbocycles. The van der Waals surface area contributed by atoms with E-state index in [0.29, 0.717) is 0 Å². The molecule has 0 saturated heterocycles. The maximum Gasteiger partial charge on any atom is 0.290 e. The third kappa shape index (κ3) is 4.10. The third-order valence-corrected chi connectivity index (χ3v) is 11.1. The van der Waals surface area contributed by atoms with Crippen molar-refractivity contribution in [3.05, 3.63) is 164 Å². The average Bonchev–Trinajstić information content (AvgIpc) is 3.95. The lowest BCUT2D eigenvalue weighted by atomic mass is 9.24. The Morgan fingerprint density at radius 1 is 0.453 bits per heavy atom.